The predicted octanol–water partition coefficient (Wildman–Crippen LogP) is 7.55. The van der Waals surface area contributed by atoms with Gasteiger partial charge in [-0.15, -0.1) is 0 Å². The number of rotatable bonds is 4. The number of aromatic hydroxyl groups is 8. The number of phenolic OH excluding ortho intramolecular Hbond substituents is 8. The van der Waals surface area contributed by atoms with Crippen molar-refractivity contribution in [2.45, 2.75) is 36.4 Å². The van der Waals surface area contributed by atoms with Gasteiger partial charge in [0.2, 0.25) is 0 Å². The Kier molecular flexibility index (Phi) is 6.88. The lowest BCUT2D eigenvalue weighted by atomic mass is 9.77. The monoisotopic (exact) mass is 696 g/mol. The second-order valence-corrected chi connectivity index (χ2v) is 13.7. The maximum absolute atomic E-state index is 12.8. The molecule has 0 bridgehead atoms. The van der Waals surface area contributed by atoms with Crippen molar-refractivity contribution >= 4 is 0 Å². The molecular formula is C42H32O10. The highest BCUT2D eigenvalue weighted by molar-refractivity contribution is 5.70. The van der Waals surface area contributed by atoms with Gasteiger partial charge in [0.05, 0.1) is 11.8 Å². The minimum absolute atomic E-state index is 0.00432. The van der Waals surface area contributed by atoms with Crippen LogP contribution in [0.5, 0.6) is 57.5 Å². The molecule has 0 radical (unpaired) electrons. The van der Waals surface area contributed by atoms with Crippen LogP contribution in [-0.2, 0) is 6.42 Å². The summed E-state index contributed by atoms with van der Waals surface area (Å²) in [5.74, 6) is -2.08. The van der Waals surface area contributed by atoms with Crippen molar-refractivity contribution in [2.75, 3.05) is 0 Å². The van der Waals surface area contributed by atoms with Crippen LogP contribution in [0.2, 0.25) is 0 Å². The van der Waals surface area contributed by atoms with E-state index in [-0.39, 0.29) is 52.4 Å². The predicted molar refractivity (Wildman–Crippen MR) is 188 cm³/mol. The molecule has 10 nitrogen and oxygen atoms in total. The van der Waals surface area contributed by atoms with Crippen molar-refractivity contribution in [1.82, 2.24) is 0 Å². The molecule has 0 saturated carbocycles. The fourth-order valence-electron chi connectivity index (χ4n) is 8.48. The normalized spacial score (nSPS) is 21.0. The first-order valence-corrected chi connectivity index (χ1v) is 16.8. The van der Waals surface area contributed by atoms with Gasteiger partial charge >= 0.3 is 0 Å². The molecule has 2 aliphatic heterocycles. The van der Waals surface area contributed by atoms with Crippen LogP contribution in [0.4, 0.5) is 0 Å². The van der Waals surface area contributed by atoms with E-state index in [9.17, 15) is 40.9 Å². The SMILES string of the molecule is Oc1ccc(C2Oc3cc(O)cc4c3C2c2cc3c(c(O)c2C(c2ccc(O)cc2O)C4)C(c2cc(O)cc(O)c2)C(c2cccc(O)c2)O3)cc1. The first-order valence-electron chi connectivity index (χ1n) is 16.8. The molecule has 0 aromatic heterocycles. The molecule has 9 rings (SSSR count). The number of fused-ring (bicyclic) bond motifs is 3. The second kappa shape index (κ2) is 11.4. The van der Waals surface area contributed by atoms with Crippen LogP contribution in [0.3, 0.4) is 0 Å². The Morgan fingerprint density at radius 2 is 1.08 bits per heavy atom. The van der Waals surface area contributed by atoms with E-state index in [0.29, 0.717) is 44.9 Å². The number of benzene rings is 6. The largest absolute Gasteiger partial charge is 0.508 e. The van der Waals surface area contributed by atoms with Crippen LogP contribution in [0.15, 0.2) is 103 Å². The Balaban J connectivity index is 1.35. The minimum Gasteiger partial charge on any atom is -0.508 e. The molecule has 5 atom stereocenters. The standard InChI is InChI=1S/C42H32O10/c43-23-6-4-19(5-7-23)41-38-31-18-34-39(36(21-11-26(46)15-27(47)12-21)42(52-34)20-2-1-3-24(44)10-20)40(50)37(31)30(29-9-8-25(45)16-32(29)49)14-22-13-28(48)17-33(51-41)35(22)38/h1-13,15-18,30,36,38,41-50H,14H2. The van der Waals surface area contributed by atoms with Crippen molar-refractivity contribution in [1.29, 1.82) is 0 Å². The van der Waals surface area contributed by atoms with Gasteiger partial charge in [0.15, 0.2) is 0 Å². The van der Waals surface area contributed by atoms with Crippen molar-refractivity contribution in [3.63, 3.8) is 0 Å². The summed E-state index contributed by atoms with van der Waals surface area (Å²) in [6.07, 6.45) is -1.26. The molecule has 0 amide bonds. The fourth-order valence-corrected chi connectivity index (χ4v) is 8.48. The zero-order valence-electron chi connectivity index (χ0n) is 27.3. The number of phenols is 8. The van der Waals surface area contributed by atoms with Crippen LogP contribution >= 0.6 is 0 Å². The molecule has 260 valence electrons. The molecule has 0 fully saturated rings. The quantitative estimate of drug-likeness (QED) is 0.0917. The van der Waals surface area contributed by atoms with E-state index in [2.05, 4.69) is 0 Å². The summed E-state index contributed by atoms with van der Waals surface area (Å²) in [6, 6.07) is 26.7. The Morgan fingerprint density at radius 1 is 0.442 bits per heavy atom. The zero-order chi connectivity index (χ0) is 36.0. The minimum atomic E-state index is -0.812. The van der Waals surface area contributed by atoms with Gasteiger partial charge in [-0.3, -0.25) is 0 Å². The third-order valence-electron chi connectivity index (χ3n) is 10.5. The van der Waals surface area contributed by atoms with E-state index in [1.54, 1.807) is 60.7 Å². The lowest BCUT2D eigenvalue weighted by molar-refractivity contribution is 0.217. The molecule has 1 aliphatic carbocycles. The topological polar surface area (TPSA) is 180 Å². The summed E-state index contributed by atoms with van der Waals surface area (Å²) >= 11 is 0. The van der Waals surface area contributed by atoms with E-state index in [4.69, 9.17) is 9.47 Å². The second-order valence-electron chi connectivity index (χ2n) is 13.7. The maximum Gasteiger partial charge on any atom is 0.135 e. The molecular weight excluding hydrogens is 664 g/mol. The lowest BCUT2D eigenvalue weighted by Gasteiger charge is -2.27. The van der Waals surface area contributed by atoms with E-state index in [1.807, 2.05) is 6.07 Å². The number of ether oxygens (including phenoxy) is 2. The van der Waals surface area contributed by atoms with E-state index in [1.165, 1.54) is 36.4 Å². The van der Waals surface area contributed by atoms with Crippen LogP contribution in [0.1, 0.15) is 80.0 Å². The molecule has 52 heavy (non-hydrogen) atoms. The molecule has 8 N–H and O–H groups in total. The Hall–Kier alpha value is -6.68. The highest BCUT2D eigenvalue weighted by Crippen LogP contribution is 2.63. The van der Waals surface area contributed by atoms with E-state index < -0.39 is 30.0 Å². The molecule has 0 saturated heterocycles. The number of hydrogen-bond acceptors (Lipinski definition) is 10. The molecule has 6 aromatic carbocycles. The summed E-state index contributed by atoms with van der Waals surface area (Å²) in [6.45, 7) is 0. The fraction of sp³-hybridized carbons (Fsp3) is 0.143. The zero-order valence-corrected chi connectivity index (χ0v) is 27.3. The van der Waals surface area contributed by atoms with Gasteiger partial charge in [0, 0.05) is 46.4 Å². The third kappa shape index (κ3) is 4.86. The Bertz CT molecular complexity index is 2400. The first-order chi connectivity index (χ1) is 25.0. The first kappa shape index (κ1) is 31.3. The molecule has 6 aromatic rings. The molecule has 3 aliphatic rings. The van der Waals surface area contributed by atoms with Gasteiger partial charge in [-0.05, 0) is 88.8 Å². The Morgan fingerprint density at radius 3 is 1.79 bits per heavy atom. The van der Waals surface area contributed by atoms with Gasteiger partial charge in [-0.1, -0.05) is 30.3 Å². The van der Waals surface area contributed by atoms with Gasteiger partial charge in [-0.25, -0.2) is 0 Å². The van der Waals surface area contributed by atoms with E-state index >= 15 is 0 Å². The summed E-state index contributed by atoms with van der Waals surface area (Å²) in [5, 5.41) is 87.0. The average Bonchev–Trinajstić information content (AvgIpc) is 3.63. The highest BCUT2D eigenvalue weighted by Gasteiger charge is 2.48. The van der Waals surface area contributed by atoms with Crippen LogP contribution < -0.4 is 9.47 Å². The summed E-state index contributed by atoms with van der Waals surface area (Å²) in [5.41, 5.74) is 5.14. The summed E-state index contributed by atoms with van der Waals surface area (Å²) < 4.78 is 13.3. The van der Waals surface area contributed by atoms with Crippen molar-refractivity contribution in [3.8, 4) is 57.5 Å². The number of hydrogen-bond donors (Lipinski definition) is 8. The van der Waals surface area contributed by atoms with Crippen molar-refractivity contribution in [2.24, 2.45) is 0 Å². The van der Waals surface area contributed by atoms with Gasteiger partial charge in [0.1, 0.15) is 69.7 Å². The molecule has 5 unspecified atom stereocenters. The Labute approximate surface area is 296 Å². The summed E-state index contributed by atoms with van der Waals surface area (Å²) in [7, 11) is 0. The summed E-state index contributed by atoms with van der Waals surface area (Å²) in [4.78, 5) is 0. The smallest absolute Gasteiger partial charge is 0.135 e. The average molecular weight is 697 g/mol. The van der Waals surface area contributed by atoms with E-state index in [0.717, 1.165) is 16.7 Å². The molecule has 0 spiro atoms. The molecule has 10 heteroatoms. The van der Waals surface area contributed by atoms with Gasteiger partial charge in [0.25, 0.3) is 0 Å². The van der Waals surface area contributed by atoms with Gasteiger partial charge < -0.3 is 50.3 Å². The van der Waals surface area contributed by atoms with Gasteiger partial charge in [-0.2, -0.15) is 0 Å². The van der Waals surface area contributed by atoms with Crippen molar-refractivity contribution in [3.05, 3.63) is 153 Å². The van der Waals surface area contributed by atoms with Crippen LogP contribution in [-0.4, -0.2) is 40.9 Å². The van der Waals surface area contributed by atoms with Crippen molar-refractivity contribution < 1.29 is 50.3 Å². The lowest BCUT2D eigenvalue weighted by Crippen LogP contribution is -2.15. The van der Waals surface area contributed by atoms with Crippen LogP contribution in [0, 0.1) is 0 Å². The third-order valence-corrected chi connectivity index (χ3v) is 10.5. The van der Waals surface area contributed by atoms with Crippen LogP contribution in [0.25, 0.3) is 0 Å². The molecule has 2 heterocycles. The maximum atomic E-state index is 12.8. The highest BCUT2D eigenvalue weighted by atomic mass is 16.5.